The fourth-order valence-electron chi connectivity index (χ4n) is 3.45. The van der Waals surface area contributed by atoms with Crippen molar-refractivity contribution in [3.8, 4) is 0 Å². The molecule has 4 rings (SSSR count). The van der Waals surface area contributed by atoms with Crippen molar-refractivity contribution in [1.82, 2.24) is 19.9 Å². The van der Waals surface area contributed by atoms with E-state index in [1.807, 2.05) is 0 Å². The summed E-state index contributed by atoms with van der Waals surface area (Å²) in [6.45, 7) is 2.01. The molecule has 0 saturated heterocycles. The number of nitrogens with one attached hydrogen (secondary N) is 1. The summed E-state index contributed by atoms with van der Waals surface area (Å²) in [4.78, 5) is 8.55. The van der Waals surface area contributed by atoms with Crippen LogP contribution in [0.25, 0.3) is 11.0 Å². The third-order valence-electron chi connectivity index (χ3n) is 4.80. The molecule has 1 saturated carbocycles. The summed E-state index contributed by atoms with van der Waals surface area (Å²) in [5.74, 6) is 1.30. The van der Waals surface area contributed by atoms with E-state index in [9.17, 15) is 0 Å². The molecule has 2 aromatic heterocycles. The lowest BCUT2D eigenvalue weighted by Gasteiger charge is -2.36. The monoisotopic (exact) mass is 433 g/mol. The van der Waals surface area contributed by atoms with E-state index < -0.39 is 0 Å². The SMILES string of the molecule is Nc1ncnc2c1c(I)cn2[C@H]1C[C@@H](CNCc2ccccc2)C1. The van der Waals surface area contributed by atoms with Crippen LogP contribution in [0.5, 0.6) is 0 Å². The third-order valence-corrected chi connectivity index (χ3v) is 5.62. The van der Waals surface area contributed by atoms with Gasteiger partial charge in [0, 0.05) is 22.4 Å². The van der Waals surface area contributed by atoms with Crippen molar-refractivity contribution in [2.75, 3.05) is 12.3 Å². The van der Waals surface area contributed by atoms with Gasteiger partial charge in [0.1, 0.15) is 17.8 Å². The van der Waals surface area contributed by atoms with Crippen molar-refractivity contribution >= 4 is 39.4 Å². The molecule has 5 nitrogen and oxygen atoms in total. The van der Waals surface area contributed by atoms with Crippen molar-refractivity contribution in [2.45, 2.75) is 25.4 Å². The van der Waals surface area contributed by atoms with E-state index in [1.165, 1.54) is 18.4 Å². The molecule has 6 heteroatoms. The molecule has 1 fully saturated rings. The molecular weight excluding hydrogens is 413 g/mol. The number of benzene rings is 1. The number of rotatable bonds is 5. The molecule has 124 valence electrons. The number of nitrogens with two attached hydrogens (primary N) is 1. The van der Waals surface area contributed by atoms with Gasteiger partial charge < -0.3 is 15.6 Å². The minimum atomic E-state index is 0.522. The summed E-state index contributed by atoms with van der Waals surface area (Å²) in [5.41, 5.74) is 8.30. The van der Waals surface area contributed by atoms with Crippen LogP contribution in [0, 0.1) is 9.49 Å². The Morgan fingerprint density at radius 2 is 2.00 bits per heavy atom. The Balaban J connectivity index is 1.35. The quantitative estimate of drug-likeness (QED) is 0.606. The number of anilines is 1. The average Bonchev–Trinajstić information content (AvgIpc) is 2.88. The average molecular weight is 433 g/mol. The highest BCUT2D eigenvalue weighted by molar-refractivity contribution is 14.1. The van der Waals surface area contributed by atoms with E-state index in [1.54, 1.807) is 6.33 Å². The van der Waals surface area contributed by atoms with E-state index in [2.05, 4.69) is 79.0 Å². The van der Waals surface area contributed by atoms with Crippen molar-refractivity contribution < 1.29 is 0 Å². The highest BCUT2D eigenvalue weighted by Gasteiger charge is 2.31. The Morgan fingerprint density at radius 1 is 1.21 bits per heavy atom. The van der Waals surface area contributed by atoms with E-state index in [0.29, 0.717) is 11.9 Å². The van der Waals surface area contributed by atoms with Crippen LogP contribution in [0.2, 0.25) is 0 Å². The van der Waals surface area contributed by atoms with Gasteiger partial charge in [-0.2, -0.15) is 0 Å². The third kappa shape index (κ3) is 3.00. The first-order chi connectivity index (χ1) is 11.7. The number of nitrogen functional groups attached to an aromatic ring is 1. The van der Waals surface area contributed by atoms with E-state index in [-0.39, 0.29) is 0 Å². The summed E-state index contributed by atoms with van der Waals surface area (Å²) in [6, 6.07) is 11.1. The molecule has 0 radical (unpaired) electrons. The molecule has 1 aromatic carbocycles. The number of fused-ring (bicyclic) bond motifs is 1. The standard InChI is InChI=1S/C18H20IN5/c19-15-10-24(18-16(15)17(20)22-11-23-18)14-6-13(7-14)9-21-8-12-4-2-1-3-5-12/h1-5,10-11,13-14,21H,6-9H2,(H2,20,22,23)/t13-,14+. The summed E-state index contributed by atoms with van der Waals surface area (Å²) < 4.78 is 3.41. The van der Waals surface area contributed by atoms with Gasteiger partial charge in [-0.25, -0.2) is 9.97 Å². The van der Waals surface area contributed by atoms with Crippen LogP contribution in [0.3, 0.4) is 0 Å². The Kier molecular flexibility index (Phi) is 4.41. The van der Waals surface area contributed by atoms with E-state index >= 15 is 0 Å². The first-order valence-corrected chi connectivity index (χ1v) is 9.31. The van der Waals surface area contributed by atoms with Gasteiger partial charge in [0.15, 0.2) is 0 Å². The van der Waals surface area contributed by atoms with Crippen LogP contribution in [0.15, 0.2) is 42.9 Å². The molecule has 3 aromatic rings. The molecular formula is C18H20IN5. The highest BCUT2D eigenvalue weighted by atomic mass is 127. The van der Waals surface area contributed by atoms with Crippen molar-refractivity contribution in [1.29, 1.82) is 0 Å². The molecule has 2 heterocycles. The molecule has 0 aliphatic heterocycles. The van der Waals surface area contributed by atoms with Crippen molar-refractivity contribution in [2.24, 2.45) is 5.92 Å². The molecule has 1 aliphatic carbocycles. The molecule has 1 aliphatic rings. The number of hydrogen-bond donors (Lipinski definition) is 2. The number of aromatic nitrogens is 3. The Labute approximate surface area is 154 Å². The van der Waals surface area contributed by atoms with Gasteiger partial charge in [0.2, 0.25) is 0 Å². The first kappa shape index (κ1) is 15.8. The Bertz CT molecular complexity index is 839. The maximum atomic E-state index is 6.00. The zero-order chi connectivity index (χ0) is 16.5. The van der Waals surface area contributed by atoms with Crippen LogP contribution in [-0.2, 0) is 6.54 Å². The Morgan fingerprint density at radius 3 is 2.79 bits per heavy atom. The second kappa shape index (κ2) is 6.68. The van der Waals surface area contributed by atoms with Gasteiger partial charge in [-0.05, 0) is 53.5 Å². The predicted octanol–water partition coefficient (Wildman–Crippen LogP) is 3.36. The molecule has 3 N–H and O–H groups in total. The van der Waals surface area contributed by atoms with Gasteiger partial charge in [0.05, 0.1) is 5.39 Å². The van der Waals surface area contributed by atoms with E-state index in [0.717, 1.165) is 33.6 Å². The summed E-state index contributed by atoms with van der Waals surface area (Å²) >= 11 is 2.32. The summed E-state index contributed by atoms with van der Waals surface area (Å²) in [7, 11) is 0. The molecule has 0 unspecified atom stereocenters. The maximum absolute atomic E-state index is 6.00. The Hall–Kier alpha value is -1.67. The van der Waals surface area contributed by atoms with Gasteiger partial charge in [0.25, 0.3) is 0 Å². The first-order valence-electron chi connectivity index (χ1n) is 8.23. The van der Waals surface area contributed by atoms with Gasteiger partial charge >= 0.3 is 0 Å². The lowest BCUT2D eigenvalue weighted by atomic mass is 9.80. The molecule has 0 spiro atoms. The van der Waals surface area contributed by atoms with Crippen molar-refractivity contribution in [3.63, 3.8) is 0 Å². The second-order valence-corrected chi connectivity index (χ2v) is 7.61. The fraction of sp³-hybridized carbons (Fsp3) is 0.333. The molecule has 24 heavy (non-hydrogen) atoms. The summed E-state index contributed by atoms with van der Waals surface area (Å²) in [5, 5.41) is 4.56. The van der Waals surface area contributed by atoms with Crippen LogP contribution in [0.4, 0.5) is 5.82 Å². The zero-order valence-corrected chi connectivity index (χ0v) is 15.5. The van der Waals surface area contributed by atoms with Gasteiger partial charge in [-0.15, -0.1) is 0 Å². The largest absolute Gasteiger partial charge is 0.383 e. The number of hydrogen-bond acceptors (Lipinski definition) is 4. The minimum Gasteiger partial charge on any atom is -0.383 e. The number of halogens is 1. The predicted molar refractivity (Wildman–Crippen MR) is 105 cm³/mol. The van der Waals surface area contributed by atoms with Crippen LogP contribution < -0.4 is 11.1 Å². The van der Waals surface area contributed by atoms with E-state index in [4.69, 9.17) is 5.73 Å². The van der Waals surface area contributed by atoms with Crippen LogP contribution in [0.1, 0.15) is 24.4 Å². The lowest BCUT2D eigenvalue weighted by molar-refractivity contribution is 0.196. The van der Waals surface area contributed by atoms with Gasteiger partial charge in [-0.1, -0.05) is 30.3 Å². The van der Waals surface area contributed by atoms with Gasteiger partial charge in [-0.3, -0.25) is 0 Å². The maximum Gasteiger partial charge on any atom is 0.146 e. The highest BCUT2D eigenvalue weighted by Crippen LogP contribution is 2.40. The topological polar surface area (TPSA) is 68.8 Å². The lowest BCUT2D eigenvalue weighted by Crippen LogP contribution is -2.34. The second-order valence-electron chi connectivity index (χ2n) is 6.45. The minimum absolute atomic E-state index is 0.522. The normalized spacial score (nSPS) is 20.2. The zero-order valence-electron chi connectivity index (χ0n) is 13.3. The summed E-state index contributed by atoms with van der Waals surface area (Å²) in [6.07, 6.45) is 6.09. The molecule has 0 amide bonds. The smallest absolute Gasteiger partial charge is 0.146 e. The molecule has 0 bridgehead atoms. The van der Waals surface area contributed by atoms with Crippen LogP contribution in [-0.4, -0.2) is 21.1 Å². The van der Waals surface area contributed by atoms with Crippen molar-refractivity contribution in [3.05, 3.63) is 52.0 Å². The molecule has 0 atom stereocenters. The fourth-order valence-corrected chi connectivity index (χ4v) is 4.27. The number of nitrogens with zero attached hydrogens (tertiary/aromatic N) is 3. The van der Waals surface area contributed by atoms with Crippen LogP contribution >= 0.6 is 22.6 Å².